The van der Waals surface area contributed by atoms with Gasteiger partial charge in [-0.25, -0.2) is 4.79 Å². The number of hydroxylamine groups is 2. The Balaban J connectivity index is 1.76. The zero-order valence-corrected chi connectivity index (χ0v) is 19.6. The fourth-order valence-electron chi connectivity index (χ4n) is 2.25. The van der Waals surface area contributed by atoms with Gasteiger partial charge in [-0.1, -0.05) is 15.9 Å². The summed E-state index contributed by atoms with van der Waals surface area (Å²) in [7, 11) is 0. The number of alkyl halides is 1. The van der Waals surface area contributed by atoms with Crippen molar-refractivity contribution < 1.29 is 47.7 Å². The lowest BCUT2D eigenvalue weighted by Crippen LogP contribution is -2.32. The zero-order chi connectivity index (χ0) is 23.4. The second-order valence-electron chi connectivity index (χ2n) is 6.34. The van der Waals surface area contributed by atoms with Gasteiger partial charge in [0, 0.05) is 19.4 Å². The van der Waals surface area contributed by atoms with E-state index in [9.17, 15) is 19.2 Å². The molecule has 1 heterocycles. The van der Waals surface area contributed by atoms with Gasteiger partial charge in [0.15, 0.2) is 0 Å². The van der Waals surface area contributed by atoms with E-state index in [0.29, 0.717) is 64.5 Å². The summed E-state index contributed by atoms with van der Waals surface area (Å²) in [5.74, 6) is -1.79. The van der Waals surface area contributed by atoms with Crippen LogP contribution in [-0.2, 0) is 47.7 Å². The number of hydrogen-bond acceptors (Lipinski definition) is 10. The maximum absolute atomic E-state index is 11.6. The Morgan fingerprint density at radius 1 is 0.750 bits per heavy atom. The summed E-state index contributed by atoms with van der Waals surface area (Å²) in [6.07, 6.45) is 0.0539. The van der Waals surface area contributed by atoms with Crippen LogP contribution >= 0.6 is 15.9 Å². The number of nitrogens with zero attached hydrogens (tertiary/aromatic N) is 1. The summed E-state index contributed by atoms with van der Waals surface area (Å²) < 4.78 is 26.6. The zero-order valence-electron chi connectivity index (χ0n) is 18.0. The lowest BCUT2D eigenvalue weighted by Gasteiger charge is -2.12. The van der Waals surface area contributed by atoms with Crippen LogP contribution in [0.15, 0.2) is 0 Å². The third-order valence-electron chi connectivity index (χ3n) is 3.83. The molecule has 0 aromatic rings. The fraction of sp³-hybridized carbons (Fsp3) is 0.789. The summed E-state index contributed by atoms with van der Waals surface area (Å²) in [5, 5.41) is 3.46. The Hall–Kier alpha value is -1.64. The van der Waals surface area contributed by atoms with Crippen molar-refractivity contribution in [1.82, 2.24) is 10.4 Å². The normalized spacial score (nSPS) is 13.6. The van der Waals surface area contributed by atoms with Crippen LogP contribution in [0.1, 0.15) is 19.3 Å². The smallest absolute Gasteiger partial charge is 0.335 e. The van der Waals surface area contributed by atoms with E-state index in [4.69, 9.17) is 28.5 Å². The number of nitrogens with one attached hydrogen (secondary N) is 1. The highest BCUT2D eigenvalue weighted by Crippen LogP contribution is 2.12. The van der Waals surface area contributed by atoms with E-state index in [2.05, 4.69) is 21.2 Å². The van der Waals surface area contributed by atoms with Crippen molar-refractivity contribution in [3.8, 4) is 0 Å². The van der Waals surface area contributed by atoms with Gasteiger partial charge in [-0.3, -0.25) is 14.4 Å². The molecule has 12 nitrogen and oxygen atoms in total. The van der Waals surface area contributed by atoms with E-state index in [1.165, 1.54) is 0 Å². The van der Waals surface area contributed by atoms with Gasteiger partial charge in [-0.05, 0) is 0 Å². The summed E-state index contributed by atoms with van der Waals surface area (Å²) in [6, 6.07) is 0. The molecule has 0 spiro atoms. The fourth-order valence-corrected chi connectivity index (χ4v) is 2.45. The number of amides is 3. The van der Waals surface area contributed by atoms with Crippen molar-refractivity contribution in [3.63, 3.8) is 0 Å². The Morgan fingerprint density at radius 3 is 1.66 bits per heavy atom. The quantitative estimate of drug-likeness (QED) is 0.126. The third kappa shape index (κ3) is 14.4. The Morgan fingerprint density at radius 2 is 1.19 bits per heavy atom. The molecular weight excluding hydrogens is 496 g/mol. The van der Waals surface area contributed by atoms with Gasteiger partial charge in [0.2, 0.25) is 5.91 Å². The Labute approximate surface area is 195 Å². The van der Waals surface area contributed by atoms with Crippen LogP contribution in [0, 0.1) is 0 Å². The molecule has 184 valence electrons. The van der Waals surface area contributed by atoms with Gasteiger partial charge in [0.1, 0.15) is 0 Å². The Kier molecular flexibility index (Phi) is 16.8. The van der Waals surface area contributed by atoms with E-state index < -0.39 is 17.8 Å². The van der Waals surface area contributed by atoms with Crippen molar-refractivity contribution in [2.75, 3.05) is 77.9 Å². The molecule has 0 bridgehead atoms. The molecule has 0 aromatic carbocycles. The molecule has 32 heavy (non-hydrogen) atoms. The van der Waals surface area contributed by atoms with Gasteiger partial charge < -0.3 is 33.8 Å². The lowest BCUT2D eigenvalue weighted by atomic mass is 10.4. The van der Waals surface area contributed by atoms with Gasteiger partial charge in [-0.15, -0.1) is 5.06 Å². The molecule has 0 saturated carbocycles. The summed E-state index contributed by atoms with van der Waals surface area (Å²) in [6.45, 7) is 4.21. The molecule has 0 atom stereocenters. The first-order chi connectivity index (χ1) is 15.5. The maximum Gasteiger partial charge on any atom is 0.335 e. The average Bonchev–Trinajstić information content (AvgIpc) is 3.10. The van der Waals surface area contributed by atoms with Crippen LogP contribution in [0.2, 0.25) is 0 Å². The maximum atomic E-state index is 11.6. The largest absolute Gasteiger partial charge is 0.378 e. The van der Waals surface area contributed by atoms with Crippen molar-refractivity contribution in [2.24, 2.45) is 0 Å². The number of rotatable bonds is 20. The predicted molar refractivity (Wildman–Crippen MR) is 113 cm³/mol. The van der Waals surface area contributed by atoms with Gasteiger partial charge >= 0.3 is 5.97 Å². The van der Waals surface area contributed by atoms with Gasteiger partial charge in [-0.2, -0.15) is 0 Å². The molecule has 0 aromatic heterocycles. The summed E-state index contributed by atoms with van der Waals surface area (Å²) >= 11 is 3.05. The predicted octanol–water partition coefficient (Wildman–Crippen LogP) is -0.422. The number of carbonyl (C=O) groups is 4. The van der Waals surface area contributed by atoms with Crippen LogP contribution in [0.3, 0.4) is 0 Å². The second-order valence-corrected chi connectivity index (χ2v) is 6.90. The number of halogens is 1. The van der Waals surface area contributed by atoms with E-state index in [0.717, 1.165) is 0 Å². The van der Waals surface area contributed by atoms with Crippen molar-refractivity contribution in [3.05, 3.63) is 0 Å². The first kappa shape index (κ1) is 28.4. The topological polar surface area (TPSA) is 139 Å². The molecule has 1 aliphatic heterocycles. The van der Waals surface area contributed by atoms with Crippen molar-refractivity contribution in [2.45, 2.75) is 19.3 Å². The van der Waals surface area contributed by atoms with Gasteiger partial charge in [0.05, 0.1) is 77.8 Å². The molecule has 0 aliphatic carbocycles. The number of ether oxygens (including phenoxy) is 5. The first-order valence-corrected chi connectivity index (χ1v) is 11.4. The van der Waals surface area contributed by atoms with Crippen LogP contribution in [0.25, 0.3) is 0 Å². The Bertz CT molecular complexity index is 562. The van der Waals surface area contributed by atoms with Crippen LogP contribution < -0.4 is 5.32 Å². The summed E-state index contributed by atoms with van der Waals surface area (Å²) in [4.78, 5) is 49.9. The number of imide groups is 1. The molecule has 0 unspecified atom stereocenters. The molecular formula is C19H31BrN2O10. The SMILES string of the molecule is O=C(CBr)NCCOCCOCCOCCOCCOCCC(=O)ON1C(=O)CCC1=O. The van der Waals surface area contributed by atoms with Crippen molar-refractivity contribution >= 4 is 39.6 Å². The molecule has 1 rings (SSSR count). The van der Waals surface area contributed by atoms with E-state index in [1.54, 1.807) is 0 Å². The van der Waals surface area contributed by atoms with E-state index >= 15 is 0 Å². The average molecular weight is 527 g/mol. The van der Waals surface area contributed by atoms with Crippen molar-refractivity contribution in [1.29, 1.82) is 0 Å². The molecule has 1 aliphatic rings. The molecule has 1 fully saturated rings. The molecule has 1 saturated heterocycles. The number of hydrogen-bond donors (Lipinski definition) is 1. The van der Waals surface area contributed by atoms with E-state index in [-0.39, 0.29) is 43.7 Å². The minimum atomic E-state index is -0.699. The minimum absolute atomic E-state index is 0.0622. The molecule has 3 amide bonds. The van der Waals surface area contributed by atoms with Crippen LogP contribution in [0.4, 0.5) is 0 Å². The first-order valence-electron chi connectivity index (χ1n) is 10.3. The highest BCUT2D eigenvalue weighted by Gasteiger charge is 2.32. The van der Waals surface area contributed by atoms with Crippen LogP contribution in [-0.4, -0.2) is 107 Å². The number of carbonyl (C=O) groups excluding carboxylic acids is 4. The minimum Gasteiger partial charge on any atom is -0.378 e. The van der Waals surface area contributed by atoms with Crippen LogP contribution in [0.5, 0.6) is 0 Å². The van der Waals surface area contributed by atoms with E-state index in [1.807, 2.05) is 0 Å². The third-order valence-corrected chi connectivity index (χ3v) is 4.34. The standard InChI is InChI=1S/C19H31BrN2O10/c20-15-16(23)21-4-6-28-8-10-30-12-14-31-13-11-29-9-7-27-5-3-19(26)32-22-17(24)1-2-18(22)25/h1-15H2,(H,21,23). The monoisotopic (exact) mass is 526 g/mol. The highest BCUT2D eigenvalue weighted by atomic mass is 79.9. The highest BCUT2D eigenvalue weighted by molar-refractivity contribution is 9.09. The molecule has 13 heteroatoms. The molecule has 0 radical (unpaired) electrons. The second kappa shape index (κ2) is 18.9. The molecule has 1 N–H and O–H groups in total. The summed E-state index contributed by atoms with van der Waals surface area (Å²) in [5.41, 5.74) is 0. The van der Waals surface area contributed by atoms with Gasteiger partial charge in [0.25, 0.3) is 11.8 Å². The lowest BCUT2D eigenvalue weighted by molar-refractivity contribution is -0.198.